The molecule has 0 radical (unpaired) electrons. The number of hydrogen-bond acceptors (Lipinski definition) is 3. The lowest BCUT2D eigenvalue weighted by Gasteiger charge is -2.17. The Bertz CT molecular complexity index is 712. The van der Waals surface area contributed by atoms with E-state index in [4.69, 9.17) is 9.47 Å². The summed E-state index contributed by atoms with van der Waals surface area (Å²) in [5, 5.41) is 2.98. The van der Waals surface area contributed by atoms with Crippen molar-refractivity contribution in [3.63, 3.8) is 0 Å². The van der Waals surface area contributed by atoms with Gasteiger partial charge < -0.3 is 14.8 Å². The van der Waals surface area contributed by atoms with Crippen molar-refractivity contribution >= 4 is 5.91 Å². The van der Waals surface area contributed by atoms with Crippen LogP contribution in [-0.4, -0.2) is 19.1 Å². The fourth-order valence-electron chi connectivity index (χ4n) is 2.69. The molecule has 134 valence electrons. The number of benzene rings is 2. The zero-order chi connectivity index (χ0) is 18.2. The van der Waals surface area contributed by atoms with Gasteiger partial charge in [0.1, 0.15) is 0 Å². The van der Waals surface area contributed by atoms with E-state index in [2.05, 4.69) is 37.4 Å². The van der Waals surface area contributed by atoms with E-state index in [1.54, 1.807) is 20.1 Å². The van der Waals surface area contributed by atoms with Gasteiger partial charge in [-0.1, -0.05) is 44.2 Å². The van der Waals surface area contributed by atoms with E-state index >= 15 is 0 Å². The van der Waals surface area contributed by atoms with Gasteiger partial charge in [-0.15, -0.1) is 0 Å². The molecule has 0 unspecified atom stereocenters. The first-order valence-corrected chi connectivity index (χ1v) is 8.77. The Morgan fingerprint density at radius 3 is 2.40 bits per heavy atom. The van der Waals surface area contributed by atoms with Crippen LogP contribution in [0.5, 0.6) is 11.5 Å². The minimum absolute atomic E-state index is 0.144. The second kappa shape index (κ2) is 9.11. The van der Waals surface area contributed by atoms with Gasteiger partial charge in [-0.3, -0.25) is 4.79 Å². The highest BCUT2D eigenvalue weighted by Crippen LogP contribution is 2.26. The van der Waals surface area contributed by atoms with Gasteiger partial charge in [-0.05, 0) is 48.6 Å². The fourth-order valence-corrected chi connectivity index (χ4v) is 2.69. The summed E-state index contributed by atoms with van der Waals surface area (Å²) in [5.41, 5.74) is 3.70. The van der Waals surface area contributed by atoms with E-state index < -0.39 is 6.10 Å². The lowest BCUT2D eigenvalue weighted by molar-refractivity contribution is -0.127. The van der Waals surface area contributed by atoms with Crippen LogP contribution in [0, 0.1) is 0 Å². The van der Waals surface area contributed by atoms with Crippen molar-refractivity contribution in [2.45, 2.75) is 46.3 Å². The van der Waals surface area contributed by atoms with Crippen LogP contribution in [0.3, 0.4) is 0 Å². The molecule has 0 saturated carbocycles. The molecule has 2 aromatic carbocycles. The van der Waals surface area contributed by atoms with E-state index in [-0.39, 0.29) is 5.91 Å². The Balaban J connectivity index is 2.00. The van der Waals surface area contributed by atoms with Gasteiger partial charge in [0, 0.05) is 6.54 Å². The molecule has 0 fully saturated rings. The topological polar surface area (TPSA) is 47.6 Å². The third-order valence-electron chi connectivity index (χ3n) is 4.25. The van der Waals surface area contributed by atoms with Crippen LogP contribution in [0.15, 0.2) is 42.5 Å². The highest BCUT2D eigenvalue weighted by molar-refractivity contribution is 5.80. The van der Waals surface area contributed by atoms with E-state index in [0.717, 1.165) is 12.8 Å². The van der Waals surface area contributed by atoms with Gasteiger partial charge in [-0.2, -0.15) is 0 Å². The van der Waals surface area contributed by atoms with Crippen molar-refractivity contribution in [2.75, 3.05) is 7.11 Å². The molecule has 0 aliphatic heterocycles. The van der Waals surface area contributed by atoms with E-state index in [0.29, 0.717) is 18.0 Å². The van der Waals surface area contributed by atoms with Gasteiger partial charge in [0.2, 0.25) is 0 Å². The summed E-state index contributed by atoms with van der Waals surface area (Å²) in [6.45, 7) is 6.51. The molecule has 4 nitrogen and oxygen atoms in total. The summed E-state index contributed by atoms with van der Waals surface area (Å²) in [5.74, 6) is 1.04. The van der Waals surface area contributed by atoms with Crippen LogP contribution in [0.4, 0.5) is 0 Å². The molecule has 0 heterocycles. The molecule has 0 bridgehead atoms. The quantitative estimate of drug-likeness (QED) is 0.792. The SMILES string of the molecule is CCc1ccc(CC)c(CNC(=O)[C@@H](C)Oc2ccccc2OC)c1. The fraction of sp³-hybridized carbons (Fsp3) is 0.381. The van der Waals surface area contributed by atoms with Crippen molar-refractivity contribution in [1.29, 1.82) is 0 Å². The molecule has 1 amide bonds. The van der Waals surface area contributed by atoms with Crippen molar-refractivity contribution in [3.8, 4) is 11.5 Å². The van der Waals surface area contributed by atoms with Crippen LogP contribution in [0.1, 0.15) is 37.5 Å². The number of methoxy groups -OCH3 is 1. The Morgan fingerprint density at radius 1 is 1.04 bits per heavy atom. The Kier molecular flexibility index (Phi) is 6.87. The molecular weight excluding hydrogens is 314 g/mol. The number of carbonyl (C=O) groups is 1. The van der Waals surface area contributed by atoms with Gasteiger partial charge in [0.25, 0.3) is 5.91 Å². The molecule has 4 heteroatoms. The Labute approximate surface area is 150 Å². The molecular formula is C21H27NO3. The monoisotopic (exact) mass is 341 g/mol. The normalized spacial score (nSPS) is 11.7. The second-order valence-corrected chi connectivity index (χ2v) is 5.94. The summed E-state index contributed by atoms with van der Waals surface area (Å²) in [6.07, 6.45) is 1.33. The van der Waals surface area contributed by atoms with E-state index in [1.807, 2.05) is 18.2 Å². The predicted molar refractivity (Wildman–Crippen MR) is 100 cm³/mol. The van der Waals surface area contributed by atoms with E-state index in [9.17, 15) is 4.79 Å². The predicted octanol–water partition coefficient (Wildman–Crippen LogP) is 3.90. The number of hydrogen-bond donors (Lipinski definition) is 1. The third-order valence-corrected chi connectivity index (χ3v) is 4.25. The van der Waals surface area contributed by atoms with Crippen molar-refractivity contribution in [1.82, 2.24) is 5.32 Å². The minimum Gasteiger partial charge on any atom is -0.493 e. The summed E-state index contributed by atoms with van der Waals surface area (Å²) >= 11 is 0. The van der Waals surface area contributed by atoms with Crippen molar-refractivity contribution in [2.24, 2.45) is 0 Å². The zero-order valence-corrected chi connectivity index (χ0v) is 15.5. The minimum atomic E-state index is -0.601. The molecule has 2 rings (SSSR count). The first kappa shape index (κ1) is 18.8. The highest BCUT2D eigenvalue weighted by Gasteiger charge is 2.16. The largest absolute Gasteiger partial charge is 0.493 e. The molecule has 0 spiro atoms. The van der Waals surface area contributed by atoms with Gasteiger partial charge in [0.15, 0.2) is 17.6 Å². The summed E-state index contributed by atoms with van der Waals surface area (Å²) < 4.78 is 11.0. The third kappa shape index (κ3) is 4.99. The van der Waals surface area contributed by atoms with Gasteiger partial charge >= 0.3 is 0 Å². The number of para-hydroxylation sites is 2. The van der Waals surface area contributed by atoms with Gasteiger partial charge in [-0.25, -0.2) is 0 Å². The molecule has 1 atom stereocenters. The molecule has 0 saturated heterocycles. The maximum absolute atomic E-state index is 12.4. The standard InChI is InChI=1S/C21H27NO3/c1-5-16-11-12-17(6-2)18(13-16)14-22-21(23)15(3)25-20-10-8-7-9-19(20)24-4/h7-13,15H,5-6,14H2,1-4H3,(H,22,23)/t15-/m1/s1. The molecule has 0 aliphatic rings. The molecule has 2 aromatic rings. The van der Waals surface area contributed by atoms with Gasteiger partial charge in [0.05, 0.1) is 7.11 Å². The number of ether oxygens (including phenoxy) is 2. The smallest absolute Gasteiger partial charge is 0.261 e. The summed E-state index contributed by atoms with van der Waals surface area (Å²) in [6, 6.07) is 13.8. The lowest BCUT2D eigenvalue weighted by Crippen LogP contribution is -2.36. The lowest BCUT2D eigenvalue weighted by atomic mass is 10.0. The van der Waals surface area contributed by atoms with Crippen LogP contribution in [-0.2, 0) is 24.2 Å². The number of amides is 1. The maximum atomic E-state index is 12.4. The number of nitrogens with one attached hydrogen (secondary N) is 1. The average Bonchev–Trinajstić information content (AvgIpc) is 2.66. The van der Waals surface area contributed by atoms with Crippen LogP contribution in [0.2, 0.25) is 0 Å². The maximum Gasteiger partial charge on any atom is 0.261 e. The summed E-state index contributed by atoms with van der Waals surface area (Å²) in [7, 11) is 1.58. The van der Waals surface area contributed by atoms with E-state index in [1.165, 1.54) is 16.7 Å². The van der Waals surface area contributed by atoms with Crippen molar-refractivity contribution in [3.05, 3.63) is 59.2 Å². The number of rotatable bonds is 8. The van der Waals surface area contributed by atoms with Crippen LogP contribution in [0.25, 0.3) is 0 Å². The van der Waals surface area contributed by atoms with Crippen LogP contribution >= 0.6 is 0 Å². The zero-order valence-electron chi connectivity index (χ0n) is 15.5. The number of carbonyl (C=O) groups excluding carboxylic acids is 1. The highest BCUT2D eigenvalue weighted by atomic mass is 16.5. The Morgan fingerprint density at radius 2 is 1.76 bits per heavy atom. The first-order chi connectivity index (χ1) is 12.1. The second-order valence-electron chi connectivity index (χ2n) is 5.94. The first-order valence-electron chi connectivity index (χ1n) is 8.77. The van der Waals surface area contributed by atoms with Crippen molar-refractivity contribution < 1.29 is 14.3 Å². The Hall–Kier alpha value is -2.49. The van der Waals surface area contributed by atoms with Crippen LogP contribution < -0.4 is 14.8 Å². The molecule has 0 aliphatic carbocycles. The average molecular weight is 341 g/mol. The molecule has 25 heavy (non-hydrogen) atoms. The summed E-state index contributed by atoms with van der Waals surface area (Å²) in [4.78, 5) is 12.4. The number of aryl methyl sites for hydroxylation is 2. The molecule has 0 aromatic heterocycles. The molecule has 1 N–H and O–H groups in total.